The van der Waals surface area contributed by atoms with E-state index in [4.69, 9.17) is 0 Å². The molecule has 0 aromatic carbocycles. The van der Waals surface area contributed by atoms with Gasteiger partial charge in [0.05, 0.1) is 0 Å². The summed E-state index contributed by atoms with van der Waals surface area (Å²) in [6.07, 6.45) is -2.30. The van der Waals surface area contributed by atoms with E-state index < -0.39 is 12.7 Å². The van der Waals surface area contributed by atoms with Crippen molar-refractivity contribution in [3.8, 4) is 0 Å². The fourth-order valence-electron chi connectivity index (χ4n) is 2.56. The monoisotopic (exact) mass is 310 g/mol. The summed E-state index contributed by atoms with van der Waals surface area (Å²) in [4.78, 5) is 13.3. The van der Waals surface area contributed by atoms with Gasteiger partial charge in [-0.1, -0.05) is 0 Å². The summed E-state index contributed by atoms with van der Waals surface area (Å²) in [6, 6.07) is -0.302. The molecule has 116 valence electrons. The molecule has 1 heterocycles. The van der Waals surface area contributed by atoms with Crippen LogP contribution < -0.4 is 5.32 Å². The number of rotatable bonds is 5. The minimum absolute atomic E-state index is 0.00314. The first-order valence-electron chi connectivity index (χ1n) is 7.04. The highest BCUT2D eigenvalue weighted by Gasteiger charge is 2.40. The van der Waals surface area contributed by atoms with Crippen LogP contribution in [0.25, 0.3) is 0 Å². The van der Waals surface area contributed by atoms with Crippen molar-refractivity contribution in [3.05, 3.63) is 0 Å². The molecule has 2 aliphatic rings. The first-order valence-corrected chi connectivity index (χ1v) is 8.19. The third kappa shape index (κ3) is 4.84. The van der Waals surface area contributed by atoms with E-state index in [0.29, 0.717) is 0 Å². The molecule has 0 aromatic rings. The zero-order chi connectivity index (χ0) is 14.8. The molecule has 2 atom stereocenters. The molecule has 1 aliphatic heterocycles. The van der Waals surface area contributed by atoms with E-state index in [0.717, 1.165) is 35.8 Å². The molecule has 2 fully saturated rings. The van der Waals surface area contributed by atoms with Gasteiger partial charge in [0.1, 0.15) is 6.54 Å². The minimum atomic E-state index is -4.33. The van der Waals surface area contributed by atoms with Crippen LogP contribution in [-0.4, -0.2) is 53.7 Å². The van der Waals surface area contributed by atoms with Gasteiger partial charge >= 0.3 is 6.18 Å². The van der Waals surface area contributed by atoms with Crippen LogP contribution in [0.5, 0.6) is 0 Å². The molecule has 0 radical (unpaired) electrons. The predicted octanol–water partition coefficient (Wildman–Crippen LogP) is 2.27. The molecule has 1 amide bonds. The summed E-state index contributed by atoms with van der Waals surface area (Å²) < 4.78 is 38.0. The lowest BCUT2D eigenvalue weighted by molar-refractivity contribution is -0.166. The van der Waals surface area contributed by atoms with Gasteiger partial charge in [-0.05, 0) is 25.7 Å². The standard InChI is InChI=1S/C13H21F3N2OS/c1-9(10-2-3-10)18(8-13(14,15)16)12(19)6-11-7-20-5-4-17-11/h9-11,17H,2-8H2,1H3. The van der Waals surface area contributed by atoms with E-state index in [1.165, 1.54) is 0 Å². The van der Waals surface area contributed by atoms with Crippen molar-refractivity contribution in [1.29, 1.82) is 0 Å². The van der Waals surface area contributed by atoms with Crippen LogP contribution in [0, 0.1) is 5.92 Å². The number of amides is 1. The predicted molar refractivity (Wildman–Crippen MR) is 73.7 cm³/mol. The topological polar surface area (TPSA) is 32.3 Å². The van der Waals surface area contributed by atoms with E-state index in [1.54, 1.807) is 18.7 Å². The van der Waals surface area contributed by atoms with E-state index in [1.807, 2.05) is 0 Å². The molecule has 1 saturated carbocycles. The van der Waals surface area contributed by atoms with E-state index >= 15 is 0 Å². The molecule has 1 aliphatic carbocycles. The lowest BCUT2D eigenvalue weighted by Crippen LogP contribution is -2.48. The lowest BCUT2D eigenvalue weighted by atomic mass is 10.1. The Hall–Kier alpha value is -0.430. The Kier molecular flexibility index (Phi) is 5.23. The summed E-state index contributed by atoms with van der Waals surface area (Å²) in [7, 11) is 0. The van der Waals surface area contributed by atoms with Crippen molar-refractivity contribution in [2.24, 2.45) is 5.92 Å². The van der Waals surface area contributed by atoms with Crippen molar-refractivity contribution < 1.29 is 18.0 Å². The first kappa shape index (κ1) is 15.9. The summed E-state index contributed by atoms with van der Waals surface area (Å²) >= 11 is 1.74. The second-order valence-corrected chi connectivity index (χ2v) is 6.79. The van der Waals surface area contributed by atoms with Gasteiger partial charge in [0.25, 0.3) is 0 Å². The maximum absolute atomic E-state index is 12.7. The van der Waals surface area contributed by atoms with E-state index in [-0.39, 0.29) is 30.3 Å². The van der Waals surface area contributed by atoms with Crippen LogP contribution in [0.3, 0.4) is 0 Å². The molecule has 0 aromatic heterocycles. The Morgan fingerprint density at radius 3 is 2.65 bits per heavy atom. The molecule has 1 N–H and O–H groups in total. The maximum Gasteiger partial charge on any atom is 0.406 e. The third-order valence-electron chi connectivity index (χ3n) is 3.89. The number of hydrogen-bond acceptors (Lipinski definition) is 3. The number of carbonyl (C=O) groups is 1. The number of carbonyl (C=O) groups excluding carboxylic acids is 1. The Morgan fingerprint density at radius 2 is 2.15 bits per heavy atom. The van der Waals surface area contributed by atoms with Crippen LogP contribution in [0.15, 0.2) is 0 Å². The number of hydrogen-bond donors (Lipinski definition) is 1. The number of thioether (sulfide) groups is 1. The molecule has 0 spiro atoms. The number of alkyl halides is 3. The van der Waals surface area contributed by atoms with Gasteiger partial charge in [-0.15, -0.1) is 0 Å². The number of halogens is 3. The van der Waals surface area contributed by atoms with Crippen molar-refractivity contribution in [1.82, 2.24) is 10.2 Å². The molecule has 0 bridgehead atoms. The van der Waals surface area contributed by atoms with E-state index in [9.17, 15) is 18.0 Å². The molecular weight excluding hydrogens is 289 g/mol. The molecule has 1 saturated heterocycles. The fourth-order valence-corrected chi connectivity index (χ4v) is 3.51. The molecular formula is C13H21F3N2OS. The van der Waals surface area contributed by atoms with Gasteiger partial charge in [0.2, 0.25) is 5.91 Å². The fraction of sp³-hybridized carbons (Fsp3) is 0.923. The quantitative estimate of drug-likeness (QED) is 0.845. The Balaban J connectivity index is 1.94. The summed E-state index contributed by atoms with van der Waals surface area (Å²) in [5.41, 5.74) is 0. The highest BCUT2D eigenvalue weighted by atomic mass is 32.2. The second-order valence-electron chi connectivity index (χ2n) is 5.64. The minimum Gasteiger partial charge on any atom is -0.331 e. The summed E-state index contributed by atoms with van der Waals surface area (Å²) in [5.74, 6) is 1.66. The van der Waals surface area contributed by atoms with Crippen molar-refractivity contribution in [2.75, 3.05) is 24.6 Å². The van der Waals surface area contributed by atoms with Crippen molar-refractivity contribution in [2.45, 2.75) is 44.4 Å². The van der Waals surface area contributed by atoms with Crippen LogP contribution in [-0.2, 0) is 4.79 Å². The SMILES string of the molecule is CC(C1CC1)N(CC(F)(F)F)C(=O)CC1CSCCN1. The zero-order valence-corrected chi connectivity index (χ0v) is 12.4. The van der Waals surface area contributed by atoms with Crippen LogP contribution in [0.4, 0.5) is 13.2 Å². The van der Waals surface area contributed by atoms with Crippen molar-refractivity contribution in [3.63, 3.8) is 0 Å². The van der Waals surface area contributed by atoms with Gasteiger partial charge in [-0.3, -0.25) is 4.79 Å². The van der Waals surface area contributed by atoms with E-state index in [2.05, 4.69) is 5.32 Å². The third-order valence-corrected chi connectivity index (χ3v) is 5.02. The molecule has 3 nitrogen and oxygen atoms in total. The number of nitrogens with one attached hydrogen (secondary N) is 1. The Morgan fingerprint density at radius 1 is 1.45 bits per heavy atom. The molecule has 2 unspecified atom stereocenters. The Bertz CT molecular complexity index is 341. The maximum atomic E-state index is 12.7. The summed E-state index contributed by atoms with van der Waals surface area (Å²) in [5, 5.41) is 3.20. The average Bonchev–Trinajstić information content (AvgIpc) is 3.19. The lowest BCUT2D eigenvalue weighted by Gasteiger charge is -2.32. The van der Waals surface area contributed by atoms with Gasteiger partial charge in [0.15, 0.2) is 0 Å². The van der Waals surface area contributed by atoms with Gasteiger partial charge in [-0.2, -0.15) is 24.9 Å². The molecule has 7 heteroatoms. The van der Waals surface area contributed by atoms with Gasteiger partial charge in [0, 0.05) is 36.6 Å². The molecule has 20 heavy (non-hydrogen) atoms. The van der Waals surface area contributed by atoms with Gasteiger partial charge < -0.3 is 10.2 Å². The average molecular weight is 310 g/mol. The zero-order valence-electron chi connectivity index (χ0n) is 11.6. The highest BCUT2D eigenvalue weighted by Crippen LogP contribution is 2.36. The number of nitrogens with zero attached hydrogens (tertiary/aromatic N) is 1. The largest absolute Gasteiger partial charge is 0.406 e. The van der Waals surface area contributed by atoms with Crippen LogP contribution >= 0.6 is 11.8 Å². The summed E-state index contributed by atoms with van der Waals surface area (Å²) in [6.45, 7) is 1.44. The second kappa shape index (κ2) is 6.56. The molecule has 2 rings (SSSR count). The Labute approximate surface area is 121 Å². The van der Waals surface area contributed by atoms with Gasteiger partial charge in [-0.25, -0.2) is 0 Å². The first-order chi connectivity index (χ1) is 9.37. The van der Waals surface area contributed by atoms with Crippen LogP contribution in [0.2, 0.25) is 0 Å². The highest BCUT2D eigenvalue weighted by molar-refractivity contribution is 7.99. The smallest absolute Gasteiger partial charge is 0.331 e. The van der Waals surface area contributed by atoms with Crippen LogP contribution in [0.1, 0.15) is 26.2 Å². The van der Waals surface area contributed by atoms with Crippen molar-refractivity contribution >= 4 is 17.7 Å². The normalized spacial score (nSPS) is 25.3.